The van der Waals surface area contributed by atoms with Crippen LogP contribution in [-0.2, 0) is 11.3 Å². The van der Waals surface area contributed by atoms with Gasteiger partial charge in [0.25, 0.3) is 5.60 Å². The molecule has 0 radical (unpaired) electrons. The van der Waals surface area contributed by atoms with Crippen molar-refractivity contribution < 1.29 is 36.2 Å². The van der Waals surface area contributed by atoms with Crippen LogP contribution in [0.3, 0.4) is 0 Å². The molecule has 2 aliphatic rings. The molecule has 2 saturated carbocycles. The Labute approximate surface area is 164 Å². The van der Waals surface area contributed by atoms with E-state index in [4.69, 9.17) is 0 Å². The second-order valence-corrected chi connectivity index (χ2v) is 7.99. The summed E-state index contributed by atoms with van der Waals surface area (Å²) >= 11 is 0. The number of alkyl halides is 6. The highest BCUT2D eigenvalue weighted by Gasteiger charge is 2.73. The Morgan fingerprint density at radius 1 is 0.897 bits per heavy atom. The molecule has 0 saturated heterocycles. The van der Waals surface area contributed by atoms with Gasteiger partial charge in [0.15, 0.2) is 0 Å². The summed E-state index contributed by atoms with van der Waals surface area (Å²) in [5.74, 6) is -2.19. The molecule has 2 aliphatic carbocycles. The van der Waals surface area contributed by atoms with E-state index in [0.717, 1.165) is 18.4 Å². The van der Waals surface area contributed by atoms with Gasteiger partial charge in [-0.2, -0.15) is 26.3 Å². The van der Waals surface area contributed by atoms with Gasteiger partial charge in [-0.1, -0.05) is 30.3 Å². The third kappa shape index (κ3) is 4.39. The summed E-state index contributed by atoms with van der Waals surface area (Å²) in [6, 6.07) is 8.63. The van der Waals surface area contributed by atoms with Crippen LogP contribution in [0.2, 0.25) is 0 Å². The Bertz CT molecular complexity index is 692. The summed E-state index contributed by atoms with van der Waals surface area (Å²) in [6.45, 7) is 0.272. The average Bonchev–Trinajstić information content (AvgIpc) is 3.49. The first-order valence-electron chi connectivity index (χ1n) is 9.65. The molecule has 1 aromatic rings. The number of halogens is 6. The first kappa shape index (κ1) is 21.9. The van der Waals surface area contributed by atoms with E-state index < -0.39 is 42.8 Å². The number of rotatable bonds is 5. The van der Waals surface area contributed by atoms with Crippen LogP contribution in [0.15, 0.2) is 30.3 Å². The van der Waals surface area contributed by atoms with E-state index >= 15 is 0 Å². The Morgan fingerprint density at radius 2 is 1.41 bits per heavy atom. The van der Waals surface area contributed by atoms with E-state index in [9.17, 15) is 36.2 Å². The van der Waals surface area contributed by atoms with Crippen LogP contribution in [0.4, 0.5) is 26.3 Å². The van der Waals surface area contributed by atoms with Crippen molar-refractivity contribution in [2.24, 2.45) is 11.8 Å². The summed E-state index contributed by atoms with van der Waals surface area (Å²) in [7, 11) is 0. The molecule has 162 valence electrons. The first-order valence-corrected chi connectivity index (χ1v) is 9.65. The molecule has 3 rings (SSSR count). The number of benzene rings is 1. The predicted octanol–water partition coefficient (Wildman–Crippen LogP) is 4.84. The summed E-state index contributed by atoms with van der Waals surface area (Å²) in [6.07, 6.45) is -11.0. The lowest BCUT2D eigenvalue weighted by Crippen LogP contribution is -2.62. The van der Waals surface area contributed by atoms with E-state index in [0.29, 0.717) is 0 Å². The van der Waals surface area contributed by atoms with Crippen molar-refractivity contribution in [1.29, 1.82) is 0 Å². The zero-order valence-electron chi connectivity index (χ0n) is 15.6. The van der Waals surface area contributed by atoms with Gasteiger partial charge < -0.3 is 10.0 Å². The third-order valence-corrected chi connectivity index (χ3v) is 6.00. The van der Waals surface area contributed by atoms with Gasteiger partial charge in [0.2, 0.25) is 5.91 Å². The largest absolute Gasteiger partial charge is 0.426 e. The van der Waals surface area contributed by atoms with Crippen LogP contribution in [0.25, 0.3) is 0 Å². The summed E-state index contributed by atoms with van der Waals surface area (Å²) in [5.41, 5.74) is -3.87. The molecule has 0 bridgehead atoms. The molecule has 0 spiro atoms. The second-order valence-electron chi connectivity index (χ2n) is 7.99. The van der Waals surface area contributed by atoms with Gasteiger partial charge in [0, 0.05) is 24.4 Å². The maximum atomic E-state index is 13.1. The Balaban J connectivity index is 1.75. The van der Waals surface area contributed by atoms with Crippen molar-refractivity contribution in [2.75, 3.05) is 0 Å². The fourth-order valence-electron chi connectivity index (χ4n) is 4.16. The standard InChI is InChI=1S/C20H23F6NO2/c21-19(22,23)18(29,20(24,25)26)15-8-10-16(11-9-15)27(17(28)14-6-7-14)12-13-4-2-1-3-5-13/h1-5,14-16,29H,6-12H2. The summed E-state index contributed by atoms with van der Waals surface area (Å²) in [5, 5.41) is 9.65. The highest BCUT2D eigenvalue weighted by atomic mass is 19.4. The van der Waals surface area contributed by atoms with Crippen LogP contribution < -0.4 is 0 Å². The van der Waals surface area contributed by atoms with Gasteiger partial charge in [0.1, 0.15) is 0 Å². The van der Waals surface area contributed by atoms with Crippen molar-refractivity contribution in [3.05, 3.63) is 35.9 Å². The predicted molar refractivity (Wildman–Crippen MR) is 92.5 cm³/mol. The van der Waals surface area contributed by atoms with Crippen LogP contribution in [0, 0.1) is 11.8 Å². The highest BCUT2D eigenvalue weighted by Crippen LogP contribution is 2.52. The first-order chi connectivity index (χ1) is 13.4. The number of hydrogen-bond acceptors (Lipinski definition) is 2. The summed E-state index contributed by atoms with van der Waals surface area (Å²) in [4.78, 5) is 14.3. The van der Waals surface area contributed by atoms with Crippen LogP contribution in [0.5, 0.6) is 0 Å². The fraction of sp³-hybridized carbons (Fsp3) is 0.650. The number of amides is 1. The quantitative estimate of drug-likeness (QED) is 0.689. The highest BCUT2D eigenvalue weighted by molar-refractivity contribution is 5.81. The molecule has 3 nitrogen and oxygen atoms in total. The van der Waals surface area contributed by atoms with Crippen LogP contribution in [0.1, 0.15) is 44.1 Å². The van der Waals surface area contributed by atoms with Gasteiger partial charge in [-0.15, -0.1) is 0 Å². The van der Waals surface area contributed by atoms with Gasteiger partial charge in [0.05, 0.1) is 0 Å². The third-order valence-electron chi connectivity index (χ3n) is 6.00. The molecule has 0 aliphatic heterocycles. The Kier molecular flexibility index (Phi) is 5.91. The average molecular weight is 423 g/mol. The number of aliphatic hydroxyl groups is 1. The maximum absolute atomic E-state index is 13.1. The maximum Gasteiger partial charge on any atom is 0.426 e. The number of carbonyl (C=O) groups is 1. The van der Waals surface area contributed by atoms with E-state index in [1.54, 1.807) is 17.0 Å². The Morgan fingerprint density at radius 3 is 1.86 bits per heavy atom. The minimum atomic E-state index is -5.81. The lowest BCUT2D eigenvalue weighted by atomic mass is 9.74. The lowest BCUT2D eigenvalue weighted by molar-refractivity contribution is -0.387. The molecule has 1 N–H and O–H groups in total. The van der Waals surface area contributed by atoms with E-state index in [1.165, 1.54) is 0 Å². The normalized spacial score (nSPS) is 23.7. The lowest BCUT2D eigenvalue weighted by Gasteiger charge is -2.44. The van der Waals surface area contributed by atoms with E-state index in [1.807, 2.05) is 18.2 Å². The molecule has 0 aromatic heterocycles. The zero-order valence-corrected chi connectivity index (χ0v) is 15.6. The Hall–Kier alpha value is -1.77. The second kappa shape index (κ2) is 7.81. The van der Waals surface area contributed by atoms with Crippen molar-refractivity contribution in [1.82, 2.24) is 4.90 Å². The van der Waals surface area contributed by atoms with Crippen molar-refractivity contribution >= 4 is 5.91 Å². The molecule has 1 amide bonds. The van der Waals surface area contributed by atoms with Gasteiger partial charge >= 0.3 is 12.4 Å². The smallest absolute Gasteiger partial charge is 0.373 e. The molecule has 1 aromatic carbocycles. The number of hydrogen-bond donors (Lipinski definition) is 1. The van der Waals surface area contributed by atoms with Crippen molar-refractivity contribution in [3.8, 4) is 0 Å². The SMILES string of the molecule is O=C(C1CC1)N(Cc1ccccc1)C1CCC(C(O)(C(F)(F)F)C(F)(F)F)CC1. The molecular formula is C20H23F6NO2. The summed E-state index contributed by atoms with van der Waals surface area (Å²) < 4.78 is 78.8. The number of carbonyl (C=O) groups excluding carboxylic acids is 1. The minimum absolute atomic E-state index is 0.00949. The molecule has 0 heterocycles. The van der Waals surface area contributed by atoms with Gasteiger partial charge in [-0.3, -0.25) is 4.79 Å². The zero-order chi connectivity index (χ0) is 21.4. The van der Waals surface area contributed by atoms with Crippen molar-refractivity contribution in [3.63, 3.8) is 0 Å². The van der Waals surface area contributed by atoms with Crippen LogP contribution in [-0.4, -0.2) is 39.9 Å². The molecule has 2 fully saturated rings. The fourth-order valence-corrected chi connectivity index (χ4v) is 4.16. The molecule has 9 heteroatoms. The van der Waals surface area contributed by atoms with Gasteiger partial charge in [-0.25, -0.2) is 0 Å². The van der Waals surface area contributed by atoms with E-state index in [2.05, 4.69) is 0 Å². The number of nitrogens with zero attached hydrogens (tertiary/aromatic N) is 1. The van der Waals surface area contributed by atoms with Crippen LogP contribution >= 0.6 is 0 Å². The van der Waals surface area contributed by atoms with E-state index in [-0.39, 0.29) is 31.2 Å². The van der Waals surface area contributed by atoms with Gasteiger partial charge in [-0.05, 0) is 44.1 Å². The minimum Gasteiger partial charge on any atom is -0.373 e. The molecular weight excluding hydrogens is 400 g/mol. The molecule has 29 heavy (non-hydrogen) atoms. The topological polar surface area (TPSA) is 40.5 Å². The molecule has 0 unspecified atom stereocenters. The monoisotopic (exact) mass is 423 g/mol. The van der Waals surface area contributed by atoms with Crippen molar-refractivity contribution in [2.45, 2.75) is 69.1 Å². The molecule has 0 atom stereocenters.